The quantitative estimate of drug-likeness (QED) is 0.674. The molecule has 0 aliphatic rings. The molecule has 5 nitrogen and oxygen atoms in total. The molecule has 0 aliphatic heterocycles. The molecule has 96 valence electrons. The fourth-order valence-electron chi connectivity index (χ4n) is 1.41. The monoisotopic (exact) mass is 255 g/mol. The smallest absolute Gasteiger partial charge is 0.221 e. The van der Waals surface area contributed by atoms with Crippen LogP contribution in [-0.4, -0.2) is 18.3 Å². The standard InChI is InChI=1S/C14H13N3O2/c1-11(18)17-13-6-4-12(5-7-13)9-15-16-10-14-3-2-8-19-14/h2-10H,1H3,(H,17,18)/b15-9+,16-10+. The lowest BCUT2D eigenvalue weighted by Gasteiger charge is -2.00. The number of nitrogens with zero attached hydrogens (tertiary/aromatic N) is 2. The number of amides is 1. The van der Waals surface area contributed by atoms with Crippen molar-refractivity contribution in [1.82, 2.24) is 0 Å². The number of hydrogen-bond donors (Lipinski definition) is 1. The summed E-state index contributed by atoms with van der Waals surface area (Å²) in [7, 11) is 0. The summed E-state index contributed by atoms with van der Waals surface area (Å²) in [5, 5.41) is 10.5. The number of carbonyl (C=O) groups excluding carboxylic acids is 1. The molecule has 5 heteroatoms. The Bertz CT molecular complexity index is 584. The second kappa shape index (κ2) is 6.30. The Kier molecular flexibility index (Phi) is 4.23. The predicted octanol–water partition coefficient (Wildman–Crippen LogP) is 2.69. The molecule has 0 saturated heterocycles. The molecule has 0 bridgehead atoms. The van der Waals surface area contributed by atoms with Crippen molar-refractivity contribution in [3.63, 3.8) is 0 Å². The van der Waals surface area contributed by atoms with Gasteiger partial charge in [0, 0.05) is 12.6 Å². The highest BCUT2D eigenvalue weighted by Gasteiger charge is 1.94. The Balaban J connectivity index is 1.94. The molecule has 1 N–H and O–H groups in total. The lowest BCUT2D eigenvalue weighted by Crippen LogP contribution is -2.05. The number of carbonyl (C=O) groups is 1. The van der Waals surface area contributed by atoms with Gasteiger partial charge in [0.15, 0.2) is 0 Å². The molecule has 2 aromatic rings. The molecule has 1 amide bonds. The van der Waals surface area contributed by atoms with Gasteiger partial charge in [0.2, 0.25) is 5.91 Å². The molecule has 0 unspecified atom stereocenters. The van der Waals surface area contributed by atoms with E-state index in [9.17, 15) is 4.79 Å². The summed E-state index contributed by atoms with van der Waals surface area (Å²) in [6, 6.07) is 10.9. The second-order valence-electron chi connectivity index (χ2n) is 3.81. The number of anilines is 1. The molecule has 1 aromatic heterocycles. The molecule has 0 spiro atoms. The minimum absolute atomic E-state index is 0.0931. The zero-order valence-corrected chi connectivity index (χ0v) is 10.4. The molecule has 0 atom stereocenters. The van der Waals surface area contributed by atoms with E-state index in [1.807, 2.05) is 12.1 Å². The molecule has 0 saturated carbocycles. The fraction of sp³-hybridized carbons (Fsp3) is 0.0714. The van der Waals surface area contributed by atoms with Gasteiger partial charge >= 0.3 is 0 Å². The van der Waals surface area contributed by atoms with Gasteiger partial charge in [-0.3, -0.25) is 4.79 Å². The van der Waals surface area contributed by atoms with Crippen LogP contribution in [0.3, 0.4) is 0 Å². The minimum Gasteiger partial charge on any atom is -0.463 e. The molecule has 0 fully saturated rings. The average Bonchev–Trinajstić information content (AvgIpc) is 2.89. The summed E-state index contributed by atoms with van der Waals surface area (Å²) in [4.78, 5) is 10.9. The van der Waals surface area contributed by atoms with E-state index < -0.39 is 0 Å². The Labute approximate surface area is 110 Å². The molecule has 2 rings (SSSR count). The lowest BCUT2D eigenvalue weighted by atomic mass is 10.2. The Hall–Kier alpha value is -2.69. The zero-order valence-electron chi connectivity index (χ0n) is 10.4. The molecule has 19 heavy (non-hydrogen) atoms. The maximum Gasteiger partial charge on any atom is 0.221 e. The van der Waals surface area contributed by atoms with Gasteiger partial charge in [-0.05, 0) is 29.8 Å². The van der Waals surface area contributed by atoms with E-state index in [1.54, 1.807) is 36.7 Å². The topological polar surface area (TPSA) is 67.0 Å². The van der Waals surface area contributed by atoms with Crippen LogP contribution in [0.5, 0.6) is 0 Å². The molecular weight excluding hydrogens is 242 g/mol. The van der Waals surface area contributed by atoms with Gasteiger partial charge in [-0.1, -0.05) is 12.1 Å². The fourth-order valence-corrected chi connectivity index (χ4v) is 1.41. The number of hydrogen-bond acceptors (Lipinski definition) is 4. The van der Waals surface area contributed by atoms with Crippen molar-refractivity contribution >= 4 is 24.0 Å². The van der Waals surface area contributed by atoms with Gasteiger partial charge in [0.25, 0.3) is 0 Å². The van der Waals surface area contributed by atoms with E-state index in [0.717, 1.165) is 11.3 Å². The summed E-state index contributed by atoms with van der Waals surface area (Å²) in [6.07, 6.45) is 4.73. The minimum atomic E-state index is -0.0931. The zero-order chi connectivity index (χ0) is 13.5. The van der Waals surface area contributed by atoms with Crippen molar-refractivity contribution in [2.45, 2.75) is 6.92 Å². The highest BCUT2D eigenvalue weighted by Crippen LogP contribution is 2.07. The Morgan fingerprint density at radius 3 is 2.53 bits per heavy atom. The number of furan rings is 1. The predicted molar refractivity (Wildman–Crippen MR) is 74.6 cm³/mol. The second-order valence-corrected chi connectivity index (χ2v) is 3.81. The SMILES string of the molecule is CC(=O)Nc1ccc(/C=N/N=C/c2ccco2)cc1. The van der Waals surface area contributed by atoms with E-state index in [4.69, 9.17) is 4.42 Å². The molecule has 0 aliphatic carbocycles. The van der Waals surface area contributed by atoms with Crippen LogP contribution in [0.15, 0.2) is 57.3 Å². The van der Waals surface area contributed by atoms with Crippen LogP contribution >= 0.6 is 0 Å². The van der Waals surface area contributed by atoms with Crippen LogP contribution in [0.1, 0.15) is 18.2 Å². The van der Waals surface area contributed by atoms with Crippen LogP contribution < -0.4 is 5.32 Å². The van der Waals surface area contributed by atoms with Crippen molar-refractivity contribution in [2.24, 2.45) is 10.2 Å². The molecule has 1 heterocycles. The third-order valence-electron chi connectivity index (χ3n) is 2.23. The van der Waals surface area contributed by atoms with Gasteiger partial charge < -0.3 is 9.73 Å². The van der Waals surface area contributed by atoms with E-state index in [0.29, 0.717) is 5.76 Å². The van der Waals surface area contributed by atoms with Gasteiger partial charge in [0.1, 0.15) is 5.76 Å². The third-order valence-corrected chi connectivity index (χ3v) is 2.23. The van der Waals surface area contributed by atoms with E-state index in [2.05, 4.69) is 15.5 Å². The first kappa shape index (κ1) is 12.8. The first-order valence-corrected chi connectivity index (χ1v) is 5.71. The average molecular weight is 255 g/mol. The molecular formula is C14H13N3O2. The number of benzene rings is 1. The van der Waals surface area contributed by atoms with Gasteiger partial charge in [-0.25, -0.2) is 0 Å². The van der Waals surface area contributed by atoms with Gasteiger partial charge in [0.05, 0.1) is 18.7 Å². The van der Waals surface area contributed by atoms with Crippen LogP contribution in [0.4, 0.5) is 5.69 Å². The summed E-state index contributed by atoms with van der Waals surface area (Å²) in [6.45, 7) is 1.47. The van der Waals surface area contributed by atoms with Crippen molar-refractivity contribution in [3.05, 3.63) is 54.0 Å². The highest BCUT2D eigenvalue weighted by molar-refractivity contribution is 5.89. The maximum atomic E-state index is 10.9. The van der Waals surface area contributed by atoms with Crippen molar-refractivity contribution < 1.29 is 9.21 Å². The number of nitrogens with one attached hydrogen (secondary N) is 1. The summed E-state index contributed by atoms with van der Waals surface area (Å²) < 4.78 is 5.08. The Morgan fingerprint density at radius 1 is 1.16 bits per heavy atom. The van der Waals surface area contributed by atoms with Crippen LogP contribution in [-0.2, 0) is 4.79 Å². The first-order chi connectivity index (χ1) is 9.24. The van der Waals surface area contributed by atoms with Gasteiger partial charge in [-0.2, -0.15) is 10.2 Å². The molecule has 0 radical (unpaired) electrons. The van der Waals surface area contributed by atoms with Crippen LogP contribution in [0.25, 0.3) is 0 Å². The van der Waals surface area contributed by atoms with Crippen molar-refractivity contribution in [1.29, 1.82) is 0 Å². The molecule has 1 aromatic carbocycles. The van der Waals surface area contributed by atoms with Crippen molar-refractivity contribution in [3.8, 4) is 0 Å². The maximum absolute atomic E-state index is 10.9. The summed E-state index contributed by atoms with van der Waals surface area (Å²) in [5.41, 5.74) is 1.65. The van der Waals surface area contributed by atoms with Crippen LogP contribution in [0, 0.1) is 0 Å². The van der Waals surface area contributed by atoms with Gasteiger partial charge in [-0.15, -0.1) is 0 Å². The normalized spacial score (nSPS) is 11.2. The lowest BCUT2D eigenvalue weighted by molar-refractivity contribution is -0.114. The van der Waals surface area contributed by atoms with E-state index in [1.165, 1.54) is 13.1 Å². The Morgan fingerprint density at radius 2 is 1.89 bits per heavy atom. The number of rotatable bonds is 4. The third kappa shape index (κ3) is 4.23. The van der Waals surface area contributed by atoms with E-state index >= 15 is 0 Å². The van der Waals surface area contributed by atoms with E-state index in [-0.39, 0.29) is 5.91 Å². The van der Waals surface area contributed by atoms with Crippen LogP contribution in [0.2, 0.25) is 0 Å². The van der Waals surface area contributed by atoms with Crippen molar-refractivity contribution in [2.75, 3.05) is 5.32 Å². The largest absolute Gasteiger partial charge is 0.463 e. The highest BCUT2D eigenvalue weighted by atomic mass is 16.3. The first-order valence-electron chi connectivity index (χ1n) is 5.71. The summed E-state index contributed by atoms with van der Waals surface area (Å²) >= 11 is 0. The summed E-state index contributed by atoms with van der Waals surface area (Å²) in [5.74, 6) is 0.558.